The Kier molecular flexibility index (Phi) is 8.05. The number of hydrogen-bond acceptors (Lipinski definition) is 6. The maximum absolute atomic E-state index is 11.6. The number of rotatable bonds is 11. The second-order valence-corrected chi connectivity index (χ2v) is 4.91. The molecule has 0 fully saturated rings. The summed E-state index contributed by atoms with van der Waals surface area (Å²) < 4.78 is 0. The molecule has 0 aromatic rings. The fourth-order valence-corrected chi connectivity index (χ4v) is 1.62. The third-order valence-electron chi connectivity index (χ3n) is 2.96. The zero-order valence-electron chi connectivity index (χ0n) is 11.9. The second kappa shape index (κ2) is 8.95. The van der Waals surface area contributed by atoms with Crippen LogP contribution < -0.4 is 16.8 Å². The Hall–Kier alpha value is -2.20. The van der Waals surface area contributed by atoms with Gasteiger partial charge in [-0.25, -0.2) is 4.79 Å². The topological polar surface area (TPSA) is 193 Å². The summed E-state index contributed by atoms with van der Waals surface area (Å²) in [6, 6.07) is -1.22. The van der Waals surface area contributed by atoms with E-state index in [1.54, 1.807) is 0 Å². The van der Waals surface area contributed by atoms with E-state index in [4.69, 9.17) is 26.8 Å². The van der Waals surface area contributed by atoms with Crippen LogP contribution in [0.25, 0.3) is 0 Å². The van der Waals surface area contributed by atoms with E-state index in [-0.39, 0.29) is 38.5 Å². The first-order valence-electron chi connectivity index (χ1n) is 6.62. The first kappa shape index (κ1) is 19.8. The van der Waals surface area contributed by atoms with Crippen LogP contribution in [0.15, 0.2) is 0 Å². The first-order valence-corrected chi connectivity index (χ1v) is 6.62. The second-order valence-electron chi connectivity index (χ2n) is 4.91. The summed E-state index contributed by atoms with van der Waals surface area (Å²) in [4.78, 5) is 43.7. The number of amides is 1. The van der Waals surface area contributed by atoms with Crippen molar-refractivity contribution in [3.8, 4) is 0 Å². The lowest BCUT2D eigenvalue weighted by molar-refractivity contribution is -0.148. The van der Waals surface area contributed by atoms with Crippen molar-refractivity contribution >= 4 is 23.8 Å². The molecule has 0 unspecified atom stereocenters. The zero-order valence-corrected chi connectivity index (χ0v) is 11.9. The summed E-state index contributed by atoms with van der Waals surface area (Å²) in [5, 5.41) is 28.3. The number of aliphatic carboxylic acids is 3. The van der Waals surface area contributed by atoms with Gasteiger partial charge in [0.05, 0.1) is 0 Å². The highest BCUT2D eigenvalue weighted by atomic mass is 16.4. The quantitative estimate of drug-likeness (QED) is 0.198. The summed E-state index contributed by atoms with van der Waals surface area (Å²) >= 11 is 0. The molecule has 0 radical (unpaired) electrons. The van der Waals surface area contributed by atoms with Crippen molar-refractivity contribution in [3.05, 3.63) is 0 Å². The molecular formula is C12H21N3O7. The van der Waals surface area contributed by atoms with E-state index in [1.165, 1.54) is 0 Å². The van der Waals surface area contributed by atoms with Gasteiger partial charge >= 0.3 is 17.9 Å². The molecule has 0 saturated carbocycles. The highest BCUT2D eigenvalue weighted by Crippen LogP contribution is 2.11. The molecule has 1 amide bonds. The van der Waals surface area contributed by atoms with Gasteiger partial charge in [-0.3, -0.25) is 20.1 Å². The third-order valence-corrected chi connectivity index (χ3v) is 2.96. The van der Waals surface area contributed by atoms with Gasteiger partial charge in [-0.2, -0.15) is 0 Å². The minimum absolute atomic E-state index is 0.128. The summed E-state index contributed by atoms with van der Waals surface area (Å²) in [5.41, 5.74) is 8.81. The number of carboxylic acids is 3. The van der Waals surface area contributed by atoms with Gasteiger partial charge in [-0.05, 0) is 25.7 Å². The Morgan fingerprint density at radius 1 is 1.05 bits per heavy atom. The molecule has 0 aliphatic rings. The first-order chi connectivity index (χ1) is 10.1. The molecule has 0 rings (SSSR count). The lowest BCUT2D eigenvalue weighted by atomic mass is 10.0. The summed E-state index contributed by atoms with van der Waals surface area (Å²) in [6.45, 7) is 0. The van der Waals surface area contributed by atoms with Gasteiger partial charge in [0.15, 0.2) is 5.66 Å². The predicted molar refractivity (Wildman–Crippen MR) is 73.6 cm³/mol. The smallest absolute Gasteiger partial charge is 0.344 e. The molecule has 0 aromatic heterocycles. The van der Waals surface area contributed by atoms with Crippen molar-refractivity contribution in [3.63, 3.8) is 0 Å². The molecule has 22 heavy (non-hydrogen) atoms. The van der Waals surface area contributed by atoms with E-state index >= 15 is 0 Å². The van der Waals surface area contributed by atoms with Crippen LogP contribution in [0.2, 0.25) is 0 Å². The van der Waals surface area contributed by atoms with Crippen molar-refractivity contribution < 1.29 is 34.5 Å². The van der Waals surface area contributed by atoms with E-state index in [2.05, 4.69) is 5.32 Å². The maximum Gasteiger partial charge on any atom is 0.344 e. The van der Waals surface area contributed by atoms with Gasteiger partial charge in [-0.1, -0.05) is 0 Å². The van der Waals surface area contributed by atoms with E-state index in [0.29, 0.717) is 0 Å². The number of hydrogen-bond donors (Lipinski definition) is 6. The SMILES string of the molecule is N[C@H](CCC(=O)N[C@@](N)(CCCCC(=O)O)C(=O)O)C(=O)O. The summed E-state index contributed by atoms with van der Waals surface area (Å²) in [5.74, 6) is -4.47. The lowest BCUT2D eigenvalue weighted by Crippen LogP contribution is -2.61. The number of carbonyl (C=O) groups excluding carboxylic acids is 1. The number of nitrogens with two attached hydrogens (primary N) is 2. The van der Waals surface area contributed by atoms with Gasteiger partial charge in [0.1, 0.15) is 6.04 Å². The van der Waals surface area contributed by atoms with Gasteiger partial charge in [-0.15, -0.1) is 0 Å². The Morgan fingerprint density at radius 3 is 2.09 bits per heavy atom. The van der Waals surface area contributed by atoms with Crippen LogP contribution in [-0.4, -0.2) is 50.8 Å². The van der Waals surface area contributed by atoms with Crippen molar-refractivity contribution in [2.75, 3.05) is 0 Å². The van der Waals surface area contributed by atoms with Gasteiger partial charge in [0.2, 0.25) is 5.91 Å². The average molecular weight is 319 g/mol. The van der Waals surface area contributed by atoms with E-state index in [1.807, 2.05) is 0 Å². The van der Waals surface area contributed by atoms with Gasteiger partial charge in [0, 0.05) is 12.8 Å². The molecule has 10 nitrogen and oxygen atoms in total. The molecule has 0 aromatic carbocycles. The van der Waals surface area contributed by atoms with Crippen molar-refractivity contribution in [1.82, 2.24) is 5.32 Å². The number of carboxylic acid groups (broad SMARTS) is 3. The number of nitrogens with one attached hydrogen (secondary N) is 1. The molecule has 8 N–H and O–H groups in total. The normalized spacial score (nSPS) is 14.6. The molecule has 10 heteroatoms. The van der Waals surface area contributed by atoms with Crippen molar-refractivity contribution in [2.24, 2.45) is 11.5 Å². The molecular weight excluding hydrogens is 298 g/mol. The molecule has 0 aliphatic heterocycles. The minimum atomic E-state index is -2.02. The van der Waals surface area contributed by atoms with Crippen LogP contribution in [0.4, 0.5) is 0 Å². The third kappa shape index (κ3) is 7.55. The molecule has 0 spiro atoms. The van der Waals surface area contributed by atoms with E-state index < -0.39 is 35.5 Å². The molecule has 0 aliphatic carbocycles. The number of unbranched alkanes of at least 4 members (excludes halogenated alkanes) is 1. The molecule has 2 atom stereocenters. The Balaban J connectivity index is 4.42. The predicted octanol–water partition coefficient (Wildman–Crippen LogP) is -1.32. The molecule has 0 bridgehead atoms. The van der Waals surface area contributed by atoms with Crippen LogP contribution in [0.5, 0.6) is 0 Å². The van der Waals surface area contributed by atoms with Crippen molar-refractivity contribution in [1.29, 1.82) is 0 Å². The Morgan fingerprint density at radius 2 is 1.64 bits per heavy atom. The largest absolute Gasteiger partial charge is 0.481 e. The summed E-state index contributed by atoms with van der Waals surface area (Å²) in [6.07, 6.45) is -0.292. The fourth-order valence-electron chi connectivity index (χ4n) is 1.62. The van der Waals surface area contributed by atoms with Crippen LogP contribution in [0.1, 0.15) is 38.5 Å². The van der Waals surface area contributed by atoms with Crippen LogP contribution >= 0.6 is 0 Å². The lowest BCUT2D eigenvalue weighted by Gasteiger charge is -2.26. The standard InChI is InChI=1S/C12H21N3O7/c13-7(10(19)20)4-5-8(16)15-12(14,11(21)22)6-2-1-3-9(17)18/h7H,1-6,13-14H2,(H,15,16)(H,17,18)(H,19,20)(H,21,22)/t7-,12+/m1/s1. The molecule has 0 saturated heterocycles. The minimum Gasteiger partial charge on any atom is -0.481 e. The summed E-state index contributed by atoms with van der Waals surface area (Å²) in [7, 11) is 0. The van der Waals surface area contributed by atoms with Crippen LogP contribution in [0.3, 0.4) is 0 Å². The molecule has 126 valence electrons. The Labute approximate surface area is 126 Å². The fraction of sp³-hybridized carbons (Fsp3) is 0.667. The molecule has 0 heterocycles. The highest BCUT2D eigenvalue weighted by molar-refractivity contribution is 5.86. The zero-order chi connectivity index (χ0) is 17.3. The van der Waals surface area contributed by atoms with Gasteiger partial charge < -0.3 is 26.4 Å². The average Bonchev–Trinajstić information content (AvgIpc) is 2.40. The van der Waals surface area contributed by atoms with Crippen LogP contribution in [0, 0.1) is 0 Å². The van der Waals surface area contributed by atoms with Crippen LogP contribution in [-0.2, 0) is 19.2 Å². The van der Waals surface area contributed by atoms with E-state index in [9.17, 15) is 19.2 Å². The van der Waals surface area contributed by atoms with Crippen molar-refractivity contribution in [2.45, 2.75) is 50.2 Å². The monoisotopic (exact) mass is 319 g/mol. The van der Waals surface area contributed by atoms with Gasteiger partial charge in [0.25, 0.3) is 0 Å². The van der Waals surface area contributed by atoms with E-state index in [0.717, 1.165) is 0 Å². The maximum atomic E-state index is 11.6. The number of carbonyl (C=O) groups is 4. The highest BCUT2D eigenvalue weighted by Gasteiger charge is 2.35. The Bertz CT molecular complexity index is 440.